The molecule has 3 heterocycles. The molecule has 9 heteroatoms. The van der Waals surface area contributed by atoms with Crippen molar-refractivity contribution in [2.24, 2.45) is 11.8 Å². The number of halogens is 2. The number of nitrogens with one attached hydrogen (secondary N) is 1. The lowest BCUT2D eigenvalue weighted by Gasteiger charge is -2.54. The van der Waals surface area contributed by atoms with Gasteiger partial charge < -0.3 is 20.1 Å². The van der Waals surface area contributed by atoms with E-state index in [0.717, 1.165) is 25.1 Å². The van der Waals surface area contributed by atoms with Crippen LogP contribution in [0, 0.1) is 11.8 Å². The van der Waals surface area contributed by atoms with E-state index < -0.39 is 5.60 Å². The van der Waals surface area contributed by atoms with Gasteiger partial charge in [-0.15, -0.1) is 0 Å². The van der Waals surface area contributed by atoms with Crippen molar-refractivity contribution in [2.75, 3.05) is 45.9 Å². The van der Waals surface area contributed by atoms with Crippen LogP contribution in [0.15, 0.2) is 48.5 Å². The molecule has 186 valence electrons. The maximum Gasteiger partial charge on any atom is 0.251 e. The van der Waals surface area contributed by atoms with Gasteiger partial charge in [0.2, 0.25) is 5.91 Å². The summed E-state index contributed by atoms with van der Waals surface area (Å²) in [5, 5.41) is 15.1. The van der Waals surface area contributed by atoms with Crippen molar-refractivity contribution in [1.82, 2.24) is 15.1 Å². The van der Waals surface area contributed by atoms with Crippen LogP contribution in [0.5, 0.6) is 0 Å². The number of likely N-dealkylation sites (tertiary alicyclic amines) is 2. The van der Waals surface area contributed by atoms with Crippen LogP contribution in [0.1, 0.15) is 22.3 Å². The molecular weight excluding hydrogens is 489 g/mol. The predicted molar refractivity (Wildman–Crippen MR) is 133 cm³/mol. The Kier molecular flexibility index (Phi) is 7.06. The molecular formula is C26H29Cl2N3O4. The van der Waals surface area contributed by atoms with Gasteiger partial charge in [0.25, 0.3) is 5.91 Å². The average molecular weight is 518 g/mol. The first-order valence-corrected chi connectivity index (χ1v) is 12.7. The number of carbonyl (C=O) groups excluding carboxylic acids is 2. The van der Waals surface area contributed by atoms with Gasteiger partial charge >= 0.3 is 0 Å². The number of piperidine rings is 1. The lowest BCUT2D eigenvalue weighted by molar-refractivity contribution is -0.202. The number of ether oxygens (including phenoxy) is 1. The third-order valence-corrected chi connectivity index (χ3v) is 8.38. The van der Waals surface area contributed by atoms with Crippen LogP contribution < -0.4 is 5.32 Å². The number of aliphatic hydroxyl groups is 1. The Hall–Kier alpha value is -2.16. The summed E-state index contributed by atoms with van der Waals surface area (Å²) in [5.41, 5.74) is 0.428. The van der Waals surface area contributed by atoms with Gasteiger partial charge in [-0.1, -0.05) is 53.5 Å². The highest BCUT2D eigenvalue weighted by atomic mass is 35.5. The van der Waals surface area contributed by atoms with Gasteiger partial charge in [0, 0.05) is 49.6 Å². The quantitative estimate of drug-likeness (QED) is 0.637. The van der Waals surface area contributed by atoms with E-state index in [4.69, 9.17) is 27.9 Å². The number of fused-ring (bicyclic) bond motifs is 2. The molecule has 0 aliphatic carbocycles. The van der Waals surface area contributed by atoms with E-state index >= 15 is 0 Å². The van der Waals surface area contributed by atoms with Gasteiger partial charge in [0.05, 0.1) is 29.8 Å². The fourth-order valence-electron chi connectivity index (χ4n) is 5.71. The molecule has 3 saturated heterocycles. The van der Waals surface area contributed by atoms with Crippen LogP contribution in [0.2, 0.25) is 10.0 Å². The summed E-state index contributed by atoms with van der Waals surface area (Å²) >= 11 is 11.9. The van der Waals surface area contributed by atoms with Gasteiger partial charge in [-0.05, 0) is 30.2 Å². The van der Waals surface area contributed by atoms with Crippen molar-refractivity contribution in [3.8, 4) is 0 Å². The standard InChI is InChI=1S/C26H29Cl2N3O4/c27-22-7-6-17(10-23(22)28)25(33)29-11-24(32)30-9-8-21(14-30)31-12-19-15-35-16-20(13-31)26(19,34)18-4-2-1-3-5-18/h1-7,10,19-21,34H,8-9,11-16H2,(H,29,33)/t19-,20+,21?,26-. The second kappa shape index (κ2) is 10.1. The van der Waals surface area contributed by atoms with Crippen molar-refractivity contribution in [3.05, 3.63) is 69.7 Å². The highest BCUT2D eigenvalue weighted by molar-refractivity contribution is 6.42. The lowest BCUT2D eigenvalue weighted by Crippen LogP contribution is -2.63. The zero-order chi connectivity index (χ0) is 24.6. The number of rotatable bonds is 5. The van der Waals surface area contributed by atoms with E-state index in [2.05, 4.69) is 10.2 Å². The summed E-state index contributed by atoms with van der Waals surface area (Å²) in [6.45, 7) is 3.69. The number of amides is 2. The van der Waals surface area contributed by atoms with E-state index in [9.17, 15) is 14.7 Å². The van der Waals surface area contributed by atoms with Crippen molar-refractivity contribution in [1.29, 1.82) is 0 Å². The molecule has 0 saturated carbocycles. The second-order valence-corrected chi connectivity index (χ2v) is 10.5. The monoisotopic (exact) mass is 517 g/mol. The Labute approximate surface area is 214 Å². The lowest BCUT2D eigenvalue weighted by atomic mass is 9.68. The van der Waals surface area contributed by atoms with Crippen molar-refractivity contribution in [3.63, 3.8) is 0 Å². The van der Waals surface area contributed by atoms with E-state index in [0.29, 0.717) is 41.9 Å². The van der Waals surface area contributed by atoms with Crippen LogP contribution >= 0.6 is 23.2 Å². The molecule has 35 heavy (non-hydrogen) atoms. The Morgan fingerprint density at radius 3 is 2.43 bits per heavy atom. The molecule has 5 rings (SSSR count). The first kappa shape index (κ1) is 24.5. The molecule has 2 amide bonds. The average Bonchev–Trinajstić information content (AvgIpc) is 3.35. The first-order chi connectivity index (χ1) is 16.9. The zero-order valence-corrected chi connectivity index (χ0v) is 20.8. The van der Waals surface area contributed by atoms with Gasteiger partial charge in [0.15, 0.2) is 0 Å². The van der Waals surface area contributed by atoms with Gasteiger partial charge in [-0.25, -0.2) is 0 Å². The maximum atomic E-state index is 12.8. The minimum Gasteiger partial charge on any atom is -0.384 e. The summed E-state index contributed by atoms with van der Waals surface area (Å²) in [6, 6.07) is 14.8. The van der Waals surface area contributed by atoms with Crippen LogP contribution in [0.4, 0.5) is 0 Å². The number of benzene rings is 2. The highest BCUT2D eigenvalue weighted by Crippen LogP contribution is 2.45. The molecule has 3 aliphatic rings. The molecule has 4 atom stereocenters. The summed E-state index contributed by atoms with van der Waals surface area (Å²) < 4.78 is 5.82. The van der Waals surface area contributed by atoms with Crippen LogP contribution in [0.3, 0.4) is 0 Å². The normalized spacial score (nSPS) is 28.7. The highest BCUT2D eigenvalue weighted by Gasteiger charge is 2.53. The Morgan fingerprint density at radius 2 is 1.74 bits per heavy atom. The Morgan fingerprint density at radius 1 is 1.03 bits per heavy atom. The molecule has 0 aromatic heterocycles. The fourth-order valence-corrected chi connectivity index (χ4v) is 6.01. The van der Waals surface area contributed by atoms with E-state index in [-0.39, 0.29) is 36.2 Å². The summed E-state index contributed by atoms with van der Waals surface area (Å²) in [5.74, 6) is -0.515. The molecule has 1 unspecified atom stereocenters. The molecule has 7 nitrogen and oxygen atoms in total. The van der Waals surface area contributed by atoms with Crippen molar-refractivity contribution >= 4 is 35.0 Å². The van der Waals surface area contributed by atoms with Crippen molar-refractivity contribution in [2.45, 2.75) is 18.1 Å². The van der Waals surface area contributed by atoms with Crippen LogP contribution in [0.25, 0.3) is 0 Å². The van der Waals surface area contributed by atoms with Crippen LogP contribution in [-0.2, 0) is 15.1 Å². The van der Waals surface area contributed by atoms with E-state index in [1.165, 1.54) is 6.07 Å². The van der Waals surface area contributed by atoms with Crippen LogP contribution in [-0.4, -0.2) is 78.7 Å². The largest absolute Gasteiger partial charge is 0.384 e. The fraction of sp³-hybridized carbons (Fsp3) is 0.462. The minimum atomic E-state index is -0.890. The predicted octanol–water partition coefficient (Wildman–Crippen LogP) is 2.79. The zero-order valence-electron chi connectivity index (χ0n) is 19.3. The minimum absolute atomic E-state index is 0.0207. The molecule has 3 fully saturated rings. The summed E-state index contributed by atoms with van der Waals surface area (Å²) in [4.78, 5) is 29.4. The van der Waals surface area contributed by atoms with Crippen molar-refractivity contribution < 1.29 is 19.4 Å². The Bertz CT molecular complexity index is 1090. The second-order valence-electron chi connectivity index (χ2n) is 9.67. The number of nitrogens with zero attached hydrogens (tertiary/aromatic N) is 2. The SMILES string of the molecule is O=C(NCC(=O)N1CCC(N2C[C@H]3COC[C@@H](C2)[C@]3(O)c2ccccc2)C1)c1ccc(Cl)c(Cl)c1. The number of carbonyl (C=O) groups is 2. The number of hydrogen-bond acceptors (Lipinski definition) is 5. The molecule has 3 aliphatic heterocycles. The molecule has 2 aromatic rings. The third-order valence-electron chi connectivity index (χ3n) is 7.64. The van der Waals surface area contributed by atoms with Gasteiger partial charge in [-0.3, -0.25) is 14.5 Å². The molecule has 2 aromatic carbocycles. The summed E-state index contributed by atoms with van der Waals surface area (Å²) in [6.07, 6.45) is 0.872. The maximum absolute atomic E-state index is 12.8. The van der Waals surface area contributed by atoms with E-state index in [1.54, 1.807) is 12.1 Å². The van der Waals surface area contributed by atoms with E-state index in [1.807, 2.05) is 35.2 Å². The summed E-state index contributed by atoms with van der Waals surface area (Å²) in [7, 11) is 0. The molecule has 0 radical (unpaired) electrons. The third kappa shape index (κ3) is 4.80. The smallest absolute Gasteiger partial charge is 0.251 e. The number of hydrogen-bond donors (Lipinski definition) is 2. The van der Waals surface area contributed by atoms with Gasteiger partial charge in [0.1, 0.15) is 5.60 Å². The molecule has 2 N–H and O–H groups in total. The Balaban J connectivity index is 1.17. The van der Waals surface area contributed by atoms with Gasteiger partial charge in [-0.2, -0.15) is 0 Å². The molecule has 0 spiro atoms. The first-order valence-electron chi connectivity index (χ1n) is 12.0. The topological polar surface area (TPSA) is 82.1 Å². The molecule has 2 bridgehead atoms.